The Bertz CT molecular complexity index is 390. The summed E-state index contributed by atoms with van der Waals surface area (Å²) < 4.78 is 10.5. The maximum Gasteiger partial charge on any atom is 0.251 e. The monoisotopic (exact) mass is 265 g/mol. The van der Waals surface area contributed by atoms with Crippen molar-refractivity contribution in [2.24, 2.45) is 0 Å². The van der Waals surface area contributed by atoms with E-state index in [2.05, 4.69) is 5.32 Å². The molecule has 0 spiro atoms. The van der Waals surface area contributed by atoms with Gasteiger partial charge in [-0.1, -0.05) is 30.3 Å². The zero-order valence-corrected chi connectivity index (χ0v) is 10.7. The van der Waals surface area contributed by atoms with Crippen LogP contribution in [0.25, 0.3) is 0 Å². The van der Waals surface area contributed by atoms with Crippen LogP contribution in [-0.4, -0.2) is 49.6 Å². The fourth-order valence-corrected chi connectivity index (χ4v) is 1.99. The first-order chi connectivity index (χ1) is 9.29. The number of benzene rings is 1. The van der Waals surface area contributed by atoms with E-state index in [1.54, 1.807) is 0 Å². The van der Waals surface area contributed by atoms with E-state index < -0.39 is 6.10 Å². The zero-order chi connectivity index (χ0) is 13.5. The van der Waals surface area contributed by atoms with Crippen molar-refractivity contribution >= 4 is 5.91 Å². The molecule has 1 amide bonds. The number of rotatable bonds is 5. The van der Waals surface area contributed by atoms with Gasteiger partial charge in [-0.05, 0) is 12.0 Å². The number of aliphatic hydroxyl groups excluding tert-OH is 1. The molecule has 1 fully saturated rings. The molecule has 1 aromatic rings. The summed E-state index contributed by atoms with van der Waals surface area (Å²) in [6, 6.07) is 9.43. The molecular formula is C14H19NO4. The van der Waals surface area contributed by atoms with Crippen LogP contribution >= 0.6 is 0 Å². The van der Waals surface area contributed by atoms with Gasteiger partial charge in [0.05, 0.1) is 32.5 Å². The Hall–Kier alpha value is -1.43. The summed E-state index contributed by atoms with van der Waals surface area (Å²) in [5, 5.41) is 12.1. The summed E-state index contributed by atoms with van der Waals surface area (Å²) in [6.07, 6.45) is 0.0231. The SMILES string of the molecule is O=C(N[C@H](CO)Cc1ccccc1)C1COCCO1. The average molecular weight is 265 g/mol. The van der Waals surface area contributed by atoms with Crippen LogP contribution < -0.4 is 5.32 Å². The number of amides is 1. The van der Waals surface area contributed by atoms with Gasteiger partial charge in [0.25, 0.3) is 5.91 Å². The first kappa shape index (κ1) is 14.0. The summed E-state index contributed by atoms with van der Waals surface area (Å²) in [7, 11) is 0. The highest BCUT2D eigenvalue weighted by Crippen LogP contribution is 2.05. The predicted octanol–water partition coefficient (Wildman–Crippen LogP) is 0.122. The van der Waals surface area contributed by atoms with Gasteiger partial charge in [-0.25, -0.2) is 0 Å². The second-order valence-corrected chi connectivity index (χ2v) is 4.51. The number of hydrogen-bond donors (Lipinski definition) is 2. The smallest absolute Gasteiger partial charge is 0.251 e. The lowest BCUT2D eigenvalue weighted by Gasteiger charge is -2.24. The Kier molecular flexibility index (Phi) is 5.32. The molecule has 19 heavy (non-hydrogen) atoms. The van der Waals surface area contributed by atoms with Crippen molar-refractivity contribution in [3.63, 3.8) is 0 Å². The van der Waals surface area contributed by atoms with E-state index >= 15 is 0 Å². The average Bonchev–Trinajstić information content (AvgIpc) is 2.48. The number of ether oxygens (including phenoxy) is 2. The molecule has 2 atom stereocenters. The number of aliphatic hydroxyl groups is 1. The highest BCUT2D eigenvalue weighted by Gasteiger charge is 2.24. The van der Waals surface area contributed by atoms with Gasteiger partial charge in [-0.3, -0.25) is 4.79 Å². The molecule has 5 nitrogen and oxygen atoms in total. The summed E-state index contributed by atoms with van der Waals surface area (Å²) in [5.74, 6) is -0.227. The van der Waals surface area contributed by atoms with Crippen molar-refractivity contribution < 1.29 is 19.4 Å². The lowest BCUT2D eigenvalue weighted by Crippen LogP contribution is -2.48. The summed E-state index contributed by atoms with van der Waals surface area (Å²) in [6.45, 7) is 1.13. The quantitative estimate of drug-likeness (QED) is 0.793. The third-order valence-electron chi connectivity index (χ3n) is 3.00. The second kappa shape index (κ2) is 7.23. The van der Waals surface area contributed by atoms with Crippen molar-refractivity contribution in [3.8, 4) is 0 Å². The van der Waals surface area contributed by atoms with Crippen molar-refractivity contribution in [1.82, 2.24) is 5.32 Å². The summed E-state index contributed by atoms with van der Waals surface area (Å²) in [5.41, 5.74) is 1.07. The Morgan fingerprint density at radius 3 is 2.79 bits per heavy atom. The molecule has 1 heterocycles. The Morgan fingerprint density at radius 2 is 2.16 bits per heavy atom. The number of hydrogen-bond acceptors (Lipinski definition) is 4. The van der Waals surface area contributed by atoms with Crippen molar-refractivity contribution in [2.45, 2.75) is 18.6 Å². The van der Waals surface area contributed by atoms with Gasteiger partial charge in [0.1, 0.15) is 0 Å². The second-order valence-electron chi connectivity index (χ2n) is 4.51. The molecular weight excluding hydrogens is 246 g/mol. The van der Waals surface area contributed by atoms with Gasteiger partial charge in [0.15, 0.2) is 6.10 Å². The van der Waals surface area contributed by atoms with E-state index in [9.17, 15) is 9.90 Å². The van der Waals surface area contributed by atoms with Gasteiger partial charge < -0.3 is 19.9 Å². The van der Waals surface area contributed by atoms with Crippen LogP contribution in [0, 0.1) is 0 Å². The van der Waals surface area contributed by atoms with Crippen LogP contribution in [0.2, 0.25) is 0 Å². The van der Waals surface area contributed by atoms with Crippen LogP contribution in [-0.2, 0) is 20.7 Å². The number of carbonyl (C=O) groups excluding carboxylic acids is 1. The molecule has 0 bridgehead atoms. The van der Waals surface area contributed by atoms with Gasteiger partial charge in [-0.15, -0.1) is 0 Å². The zero-order valence-electron chi connectivity index (χ0n) is 10.7. The van der Waals surface area contributed by atoms with Gasteiger partial charge in [-0.2, -0.15) is 0 Å². The predicted molar refractivity (Wildman–Crippen MR) is 69.7 cm³/mol. The van der Waals surface area contributed by atoms with Crippen molar-refractivity contribution in [1.29, 1.82) is 0 Å². The Labute approximate surface area is 112 Å². The third kappa shape index (κ3) is 4.31. The molecule has 5 heteroatoms. The van der Waals surface area contributed by atoms with Crippen LogP contribution in [0.5, 0.6) is 0 Å². The van der Waals surface area contributed by atoms with E-state index in [0.29, 0.717) is 19.6 Å². The minimum Gasteiger partial charge on any atom is -0.394 e. The maximum atomic E-state index is 11.9. The maximum absolute atomic E-state index is 11.9. The summed E-state index contributed by atoms with van der Waals surface area (Å²) >= 11 is 0. The molecule has 0 saturated carbocycles. The molecule has 1 saturated heterocycles. The lowest BCUT2D eigenvalue weighted by molar-refractivity contribution is -0.148. The summed E-state index contributed by atoms with van der Waals surface area (Å²) in [4.78, 5) is 11.9. The molecule has 0 aromatic heterocycles. The van der Waals surface area contributed by atoms with E-state index in [1.165, 1.54) is 0 Å². The molecule has 104 valence electrons. The molecule has 2 rings (SSSR count). The van der Waals surface area contributed by atoms with Gasteiger partial charge in [0, 0.05) is 0 Å². The fourth-order valence-electron chi connectivity index (χ4n) is 1.99. The Morgan fingerprint density at radius 1 is 1.37 bits per heavy atom. The molecule has 0 radical (unpaired) electrons. The highest BCUT2D eigenvalue weighted by atomic mass is 16.6. The van der Waals surface area contributed by atoms with Crippen molar-refractivity contribution in [2.75, 3.05) is 26.4 Å². The first-order valence-corrected chi connectivity index (χ1v) is 6.44. The number of carbonyl (C=O) groups is 1. The molecule has 1 unspecified atom stereocenters. The lowest BCUT2D eigenvalue weighted by atomic mass is 10.1. The topological polar surface area (TPSA) is 67.8 Å². The minimum atomic E-state index is -0.571. The third-order valence-corrected chi connectivity index (χ3v) is 3.00. The highest BCUT2D eigenvalue weighted by molar-refractivity contribution is 5.81. The molecule has 1 aliphatic rings. The normalized spacial score (nSPS) is 20.8. The fraction of sp³-hybridized carbons (Fsp3) is 0.500. The van der Waals surface area contributed by atoms with Crippen LogP contribution in [0.1, 0.15) is 5.56 Å². The first-order valence-electron chi connectivity index (χ1n) is 6.44. The standard InChI is InChI=1S/C14H19NO4/c16-9-12(8-11-4-2-1-3-5-11)15-14(17)13-10-18-6-7-19-13/h1-5,12-13,16H,6-10H2,(H,15,17)/t12-,13?/m0/s1. The molecule has 2 N–H and O–H groups in total. The van der Waals surface area contributed by atoms with E-state index in [1.807, 2.05) is 30.3 Å². The van der Waals surface area contributed by atoms with Gasteiger partial charge in [0.2, 0.25) is 0 Å². The van der Waals surface area contributed by atoms with Crippen LogP contribution in [0.15, 0.2) is 30.3 Å². The largest absolute Gasteiger partial charge is 0.394 e. The van der Waals surface area contributed by atoms with Crippen LogP contribution in [0.3, 0.4) is 0 Å². The van der Waals surface area contributed by atoms with E-state index in [4.69, 9.17) is 9.47 Å². The number of nitrogens with one attached hydrogen (secondary N) is 1. The van der Waals surface area contributed by atoms with Crippen LogP contribution in [0.4, 0.5) is 0 Å². The van der Waals surface area contributed by atoms with E-state index in [-0.39, 0.29) is 25.2 Å². The Balaban J connectivity index is 1.86. The van der Waals surface area contributed by atoms with Crippen molar-refractivity contribution in [3.05, 3.63) is 35.9 Å². The molecule has 0 aliphatic carbocycles. The molecule has 1 aromatic carbocycles. The minimum absolute atomic E-state index is 0.103. The molecule has 1 aliphatic heterocycles. The van der Waals surface area contributed by atoms with E-state index in [0.717, 1.165) is 5.56 Å². The van der Waals surface area contributed by atoms with Gasteiger partial charge >= 0.3 is 0 Å².